The summed E-state index contributed by atoms with van der Waals surface area (Å²) in [5.74, 6) is -0.438. The number of carboxylic acid groups (broad SMARTS) is 1. The number of aromatic amines is 1. The number of benzene rings is 1. The highest BCUT2D eigenvalue weighted by Crippen LogP contribution is 2.22. The molecule has 0 saturated heterocycles. The lowest BCUT2D eigenvalue weighted by atomic mass is 10.1. The molecule has 94 valence electrons. The molecule has 0 saturated carbocycles. The van der Waals surface area contributed by atoms with E-state index < -0.39 is 5.97 Å². The Hall–Kier alpha value is -2.89. The van der Waals surface area contributed by atoms with Crippen LogP contribution in [0.1, 0.15) is 10.4 Å². The quantitative estimate of drug-likeness (QED) is 0.650. The first-order valence-electron chi connectivity index (χ1n) is 5.52. The molecule has 2 aromatic heterocycles. The summed E-state index contributed by atoms with van der Waals surface area (Å²) in [6, 6.07) is 7.96. The number of nitrogens with zero attached hydrogens (tertiary/aromatic N) is 2. The SMILES string of the molecule is O=C(O)c1cccc(-c2nc3ncc(O)cc3[nH]2)c1. The molecule has 6 nitrogen and oxygen atoms in total. The number of hydrogen-bond acceptors (Lipinski definition) is 4. The topological polar surface area (TPSA) is 99.1 Å². The lowest BCUT2D eigenvalue weighted by molar-refractivity contribution is 0.0697. The third-order valence-electron chi connectivity index (χ3n) is 2.71. The molecule has 0 bridgehead atoms. The molecule has 6 heteroatoms. The number of pyridine rings is 1. The maximum atomic E-state index is 10.9. The Morgan fingerprint density at radius 3 is 2.89 bits per heavy atom. The summed E-state index contributed by atoms with van der Waals surface area (Å²) in [5, 5.41) is 18.3. The van der Waals surface area contributed by atoms with Crippen LogP contribution in [0.25, 0.3) is 22.6 Å². The molecule has 0 aliphatic rings. The average Bonchev–Trinajstić information content (AvgIpc) is 2.81. The molecule has 0 aliphatic heterocycles. The number of imidazole rings is 1. The molecule has 1 aromatic carbocycles. The van der Waals surface area contributed by atoms with Crippen LogP contribution in [0.2, 0.25) is 0 Å². The molecule has 2 heterocycles. The minimum Gasteiger partial charge on any atom is -0.506 e. The van der Waals surface area contributed by atoms with Crippen molar-refractivity contribution >= 4 is 17.1 Å². The predicted molar refractivity (Wildman–Crippen MR) is 67.9 cm³/mol. The van der Waals surface area contributed by atoms with Crippen molar-refractivity contribution in [1.29, 1.82) is 0 Å². The van der Waals surface area contributed by atoms with Gasteiger partial charge in [0.15, 0.2) is 5.65 Å². The van der Waals surface area contributed by atoms with Crippen LogP contribution in [0.3, 0.4) is 0 Å². The molecule has 0 fully saturated rings. The third kappa shape index (κ3) is 1.99. The molecular weight excluding hydrogens is 246 g/mol. The zero-order chi connectivity index (χ0) is 13.4. The number of carboxylic acids is 1. The van der Waals surface area contributed by atoms with E-state index in [1.807, 2.05) is 0 Å². The Morgan fingerprint density at radius 1 is 1.26 bits per heavy atom. The van der Waals surface area contributed by atoms with E-state index in [9.17, 15) is 9.90 Å². The summed E-state index contributed by atoms with van der Waals surface area (Å²) in [6.07, 6.45) is 1.31. The van der Waals surface area contributed by atoms with Crippen molar-refractivity contribution in [2.45, 2.75) is 0 Å². The van der Waals surface area contributed by atoms with Crippen LogP contribution in [-0.2, 0) is 0 Å². The zero-order valence-corrected chi connectivity index (χ0v) is 9.66. The fraction of sp³-hybridized carbons (Fsp3) is 0. The van der Waals surface area contributed by atoms with Crippen molar-refractivity contribution < 1.29 is 15.0 Å². The standard InChI is InChI=1S/C13H9N3O3/c17-9-5-10-12(14-6-9)16-11(15-10)7-2-1-3-8(4-7)13(18)19/h1-6,17H,(H,18,19)(H,14,15,16). The fourth-order valence-corrected chi connectivity index (χ4v) is 1.83. The highest BCUT2D eigenvalue weighted by molar-refractivity contribution is 5.89. The van der Waals surface area contributed by atoms with Crippen molar-refractivity contribution in [2.24, 2.45) is 0 Å². The number of rotatable bonds is 2. The van der Waals surface area contributed by atoms with Gasteiger partial charge in [-0.2, -0.15) is 0 Å². The van der Waals surface area contributed by atoms with Crippen LogP contribution in [0.5, 0.6) is 5.75 Å². The maximum absolute atomic E-state index is 10.9. The van der Waals surface area contributed by atoms with E-state index in [4.69, 9.17) is 5.11 Å². The van der Waals surface area contributed by atoms with Gasteiger partial charge in [-0.1, -0.05) is 12.1 Å². The molecule has 3 aromatic rings. The van der Waals surface area contributed by atoms with Crippen molar-refractivity contribution in [3.8, 4) is 17.1 Å². The number of H-pyrrole nitrogens is 1. The fourth-order valence-electron chi connectivity index (χ4n) is 1.83. The van der Waals surface area contributed by atoms with Crippen LogP contribution in [0, 0.1) is 0 Å². The van der Waals surface area contributed by atoms with Gasteiger partial charge in [-0.05, 0) is 12.1 Å². The minimum atomic E-state index is -0.992. The molecule has 0 spiro atoms. The first-order chi connectivity index (χ1) is 9.13. The van der Waals surface area contributed by atoms with Gasteiger partial charge in [0.2, 0.25) is 0 Å². The molecule has 0 amide bonds. The second-order valence-electron chi connectivity index (χ2n) is 4.04. The van der Waals surface area contributed by atoms with Crippen molar-refractivity contribution in [1.82, 2.24) is 15.0 Å². The van der Waals surface area contributed by atoms with E-state index in [0.717, 1.165) is 0 Å². The lowest BCUT2D eigenvalue weighted by Gasteiger charge is -1.98. The lowest BCUT2D eigenvalue weighted by Crippen LogP contribution is -1.95. The highest BCUT2D eigenvalue weighted by Gasteiger charge is 2.09. The van der Waals surface area contributed by atoms with Gasteiger partial charge in [-0.3, -0.25) is 0 Å². The first-order valence-corrected chi connectivity index (χ1v) is 5.52. The van der Waals surface area contributed by atoms with Gasteiger partial charge in [0.05, 0.1) is 17.3 Å². The van der Waals surface area contributed by atoms with Gasteiger partial charge in [0.25, 0.3) is 0 Å². The smallest absolute Gasteiger partial charge is 0.335 e. The third-order valence-corrected chi connectivity index (χ3v) is 2.71. The first kappa shape index (κ1) is 11.2. The number of aromatic hydroxyl groups is 1. The van der Waals surface area contributed by atoms with Gasteiger partial charge >= 0.3 is 5.97 Å². The van der Waals surface area contributed by atoms with Crippen molar-refractivity contribution in [3.05, 3.63) is 42.1 Å². The largest absolute Gasteiger partial charge is 0.506 e. The minimum absolute atomic E-state index is 0.0435. The average molecular weight is 255 g/mol. The highest BCUT2D eigenvalue weighted by atomic mass is 16.4. The monoisotopic (exact) mass is 255 g/mol. The van der Waals surface area contributed by atoms with Crippen LogP contribution in [0.15, 0.2) is 36.5 Å². The summed E-state index contributed by atoms with van der Waals surface area (Å²) in [6.45, 7) is 0. The number of aromatic carboxylic acids is 1. The summed E-state index contributed by atoms with van der Waals surface area (Å²) >= 11 is 0. The van der Waals surface area contributed by atoms with Gasteiger partial charge in [-0.25, -0.2) is 14.8 Å². The second-order valence-corrected chi connectivity index (χ2v) is 4.04. The number of aromatic nitrogens is 3. The van der Waals surface area contributed by atoms with Crippen LogP contribution < -0.4 is 0 Å². The Bertz CT molecular complexity index is 780. The number of hydrogen-bond donors (Lipinski definition) is 3. The van der Waals surface area contributed by atoms with E-state index >= 15 is 0 Å². The van der Waals surface area contributed by atoms with Gasteiger partial charge in [0.1, 0.15) is 11.6 Å². The maximum Gasteiger partial charge on any atom is 0.335 e. The van der Waals surface area contributed by atoms with Crippen LogP contribution in [-0.4, -0.2) is 31.1 Å². The van der Waals surface area contributed by atoms with E-state index in [1.54, 1.807) is 12.1 Å². The number of carbonyl (C=O) groups is 1. The molecule has 0 radical (unpaired) electrons. The molecule has 3 rings (SSSR count). The summed E-state index contributed by atoms with van der Waals surface area (Å²) in [5.41, 5.74) is 1.90. The molecule has 0 aliphatic carbocycles. The summed E-state index contributed by atoms with van der Waals surface area (Å²) < 4.78 is 0. The predicted octanol–water partition coefficient (Wildman–Crippen LogP) is 2.03. The molecular formula is C13H9N3O3. The Kier molecular flexibility index (Phi) is 2.42. The van der Waals surface area contributed by atoms with E-state index in [1.165, 1.54) is 24.4 Å². The molecule has 19 heavy (non-hydrogen) atoms. The Balaban J connectivity index is 2.13. The Morgan fingerprint density at radius 2 is 2.11 bits per heavy atom. The van der Waals surface area contributed by atoms with Gasteiger partial charge < -0.3 is 15.2 Å². The normalized spacial score (nSPS) is 10.7. The van der Waals surface area contributed by atoms with Gasteiger partial charge in [0, 0.05) is 11.6 Å². The summed E-state index contributed by atoms with van der Waals surface area (Å²) in [4.78, 5) is 22.1. The molecule has 0 atom stereocenters. The second kappa shape index (κ2) is 4.09. The van der Waals surface area contributed by atoms with Gasteiger partial charge in [-0.15, -0.1) is 0 Å². The number of nitrogens with one attached hydrogen (secondary N) is 1. The van der Waals surface area contributed by atoms with Crippen LogP contribution >= 0.6 is 0 Å². The Labute approximate surface area is 107 Å². The molecule has 3 N–H and O–H groups in total. The van der Waals surface area contributed by atoms with Crippen molar-refractivity contribution in [3.63, 3.8) is 0 Å². The summed E-state index contributed by atoms with van der Waals surface area (Å²) in [7, 11) is 0. The van der Waals surface area contributed by atoms with Crippen molar-refractivity contribution in [2.75, 3.05) is 0 Å². The molecule has 0 unspecified atom stereocenters. The van der Waals surface area contributed by atoms with E-state index in [0.29, 0.717) is 22.6 Å². The van der Waals surface area contributed by atoms with E-state index in [-0.39, 0.29) is 11.3 Å². The van der Waals surface area contributed by atoms with E-state index in [2.05, 4.69) is 15.0 Å². The zero-order valence-electron chi connectivity index (χ0n) is 9.66. The van der Waals surface area contributed by atoms with Crippen LogP contribution in [0.4, 0.5) is 0 Å². The number of fused-ring (bicyclic) bond motifs is 1.